The van der Waals surface area contributed by atoms with Crippen LogP contribution in [0.25, 0.3) is 11.3 Å². The van der Waals surface area contributed by atoms with Crippen molar-refractivity contribution >= 4 is 17.8 Å². The van der Waals surface area contributed by atoms with Crippen molar-refractivity contribution < 1.29 is 19.1 Å². The number of nitrogens with two attached hydrogens (primary N) is 1. The van der Waals surface area contributed by atoms with Crippen LogP contribution in [0.5, 0.6) is 0 Å². The zero-order valence-electron chi connectivity index (χ0n) is 18.1. The minimum Gasteiger partial charge on any atom is -0.465 e. The van der Waals surface area contributed by atoms with Crippen molar-refractivity contribution in [3.63, 3.8) is 0 Å². The van der Waals surface area contributed by atoms with Gasteiger partial charge in [-0.05, 0) is 31.2 Å². The number of nitrogens with zero attached hydrogens (tertiary/aromatic N) is 4. The SMILES string of the molecule is CCOC(=O)c1cnc(C(N)CNc2ccc(C(=O)OC)cn2)nc1-c1ccc(C#N)cc1. The standard InChI is InChI=1S/C23H22N6O4/c1-3-33-23(31)17-12-28-21(29-20(17)15-6-4-14(10-24)5-7-15)18(25)13-27-19-9-8-16(11-26-19)22(30)32-2/h4-9,11-12,18H,3,13,25H2,1-2H3,(H,26,27). The first-order valence-corrected chi connectivity index (χ1v) is 10.0. The van der Waals surface area contributed by atoms with E-state index >= 15 is 0 Å². The van der Waals surface area contributed by atoms with Crippen LogP contribution in [0.4, 0.5) is 5.82 Å². The van der Waals surface area contributed by atoms with Gasteiger partial charge < -0.3 is 20.5 Å². The molecule has 10 nitrogen and oxygen atoms in total. The van der Waals surface area contributed by atoms with Crippen molar-refractivity contribution in [2.45, 2.75) is 13.0 Å². The Morgan fingerprint density at radius 3 is 2.48 bits per heavy atom. The number of esters is 2. The van der Waals surface area contributed by atoms with Crippen LogP contribution in [0, 0.1) is 11.3 Å². The monoisotopic (exact) mass is 446 g/mol. The lowest BCUT2D eigenvalue weighted by Crippen LogP contribution is -2.24. The Morgan fingerprint density at radius 1 is 1.12 bits per heavy atom. The first kappa shape index (κ1) is 23.3. The number of ether oxygens (including phenoxy) is 2. The highest BCUT2D eigenvalue weighted by Crippen LogP contribution is 2.24. The van der Waals surface area contributed by atoms with Crippen LogP contribution < -0.4 is 11.1 Å². The van der Waals surface area contributed by atoms with E-state index in [1.807, 2.05) is 0 Å². The zero-order chi connectivity index (χ0) is 23.8. The Labute approximate surface area is 190 Å². The molecule has 33 heavy (non-hydrogen) atoms. The number of nitrogens with one attached hydrogen (secondary N) is 1. The predicted octanol–water partition coefficient (Wildman–Crippen LogP) is 2.49. The molecule has 0 fully saturated rings. The molecule has 0 spiro atoms. The molecule has 3 aromatic rings. The Hall–Kier alpha value is -4.36. The van der Waals surface area contributed by atoms with Crippen molar-refractivity contribution in [2.24, 2.45) is 5.73 Å². The summed E-state index contributed by atoms with van der Waals surface area (Å²) in [5.74, 6) is -0.212. The van der Waals surface area contributed by atoms with Crippen LogP contribution in [0.15, 0.2) is 48.8 Å². The molecular weight excluding hydrogens is 424 g/mol. The molecule has 0 amide bonds. The number of aromatic nitrogens is 3. The van der Waals surface area contributed by atoms with Gasteiger partial charge in [0.25, 0.3) is 0 Å². The number of anilines is 1. The quantitative estimate of drug-likeness (QED) is 0.493. The second kappa shape index (κ2) is 10.8. The van der Waals surface area contributed by atoms with E-state index in [0.717, 1.165) is 0 Å². The van der Waals surface area contributed by atoms with E-state index in [0.29, 0.717) is 34.0 Å². The van der Waals surface area contributed by atoms with Gasteiger partial charge in [-0.15, -0.1) is 0 Å². The highest BCUT2D eigenvalue weighted by Gasteiger charge is 2.20. The van der Waals surface area contributed by atoms with Crippen LogP contribution >= 0.6 is 0 Å². The minimum absolute atomic E-state index is 0.200. The van der Waals surface area contributed by atoms with Gasteiger partial charge in [0.05, 0.1) is 42.6 Å². The largest absolute Gasteiger partial charge is 0.465 e. The van der Waals surface area contributed by atoms with Crippen molar-refractivity contribution in [3.8, 4) is 17.3 Å². The summed E-state index contributed by atoms with van der Waals surface area (Å²) in [6.45, 7) is 2.16. The summed E-state index contributed by atoms with van der Waals surface area (Å²) >= 11 is 0. The third-order valence-corrected chi connectivity index (χ3v) is 4.61. The summed E-state index contributed by atoms with van der Waals surface area (Å²) in [5, 5.41) is 12.1. The lowest BCUT2D eigenvalue weighted by atomic mass is 10.0. The number of hydrogen-bond donors (Lipinski definition) is 2. The number of pyridine rings is 1. The minimum atomic E-state index is -0.625. The molecule has 2 aromatic heterocycles. The van der Waals surface area contributed by atoms with Crippen LogP contribution in [0.2, 0.25) is 0 Å². The number of methoxy groups -OCH3 is 1. The maximum absolute atomic E-state index is 12.4. The second-order valence-electron chi connectivity index (χ2n) is 6.81. The van der Waals surface area contributed by atoms with Crippen LogP contribution in [-0.4, -0.2) is 47.2 Å². The van der Waals surface area contributed by atoms with Gasteiger partial charge in [-0.2, -0.15) is 5.26 Å². The topological polar surface area (TPSA) is 153 Å². The number of nitriles is 1. The van der Waals surface area contributed by atoms with Gasteiger partial charge in [0.2, 0.25) is 0 Å². The highest BCUT2D eigenvalue weighted by atomic mass is 16.5. The average Bonchev–Trinajstić information content (AvgIpc) is 2.87. The van der Waals surface area contributed by atoms with Crippen molar-refractivity contribution in [3.05, 3.63) is 71.3 Å². The molecule has 3 rings (SSSR count). The summed E-state index contributed by atoms with van der Waals surface area (Å²) in [6.07, 6.45) is 2.78. The van der Waals surface area contributed by atoms with E-state index < -0.39 is 18.0 Å². The first-order valence-electron chi connectivity index (χ1n) is 10.0. The van der Waals surface area contributed by atoms with Gasteiger partial charge in [-0.25, -0.2) is 24.5 Å². The van der Waals surface area contributed by atoms with E-state index in [9.17, 15) is 9.59 Å². The molecule has 3 N–H and O–H groups in total. The van der Waals surface area contributed by atoms with Crippen LogP contribution in [-0.2, 0) is 9.47 Å². The number of hydrogen-bond acceptors (Lipinski definition) is 10. The molecule has 2 heterocycles. The molecule has 0 radical (unpaired) electrons. The summed E-state index contributed by atoms with van der Waals surface area (Å²) in [5.41, 5.74) is 8.27. The molecule has 1 atom stereocenters. The third kappa shape index (κ3) is 5.66. The average molecular weight is 446 g/mol. The molecule has 10 heteroatoms. The highest BCUT2D eigenvalue weighted by molar-refractivity contribution is 5.95. The van der Waals surface area contributed by atoms with Gasteiger partial charge >= 0.3 is 11.9 Å². The summed E-state index contributed by atoms with van der Waals surface area (Å²) < 4.78 is 9.77. The normalized spacial score (nSPS) is 11.2. The molecule has 0 aliphatic carbocycles. The van der Waals surface area contributed by atoms with Gasteiger partial charge in [0.1, 0.15) is 17.2 Å². The third-order valence-electron chi connectivity index (χ3n) is 4.61. The number of carbonyl (C=O) groups is 2. The Bertz CT molecular complexity index is 1170. The van der Waals surface area contributed by atoms with Gasteiger partial charge in [-0.1, -0.05) is 12.1 Å². The maximum Gasteiger partial charge on any atom is 0.341 e. The van der Waals surface area contributed by atoms with Gasteiger partial charge in [0.15, 0.2) is 0 Å². The van der Waals surface area contributed by atoms with E-state index in [2.05, 4.69) is 31.1 Å². The van der Waals surface area contributed by atoms with E-state index in [1.54, 1.807) is 43.3 Å². The van der Waals surface area contributed by atoms with Crippen molar-refractivity contribution in [1.29, 1.82) is 5.26 Å². The molecule has 0 bridgehead atoms. The predicted molar refractivity (Wildman–Crippen MR) is 119 cm³/mol. The molecule has 0 aliphatic rings. The lowest BCUT2D eigenvalue weighted by molar-refractivity contribution is 0.0525. The van der Waals surface area contributed by atoms with E-state index in [-0.39, 0.29) is 18.7 Å². The summed E-state index contributed by atoms with van der Waals surface area (Å²) in [4.78, 5) is 36.8. The Morgan fingerprint density at radius 2 is 1.88 bits per heavy atom. The number of carbonyl (C=O) groups excluding carboxylic acids is 2. The van der Waals surface area contributed by atoms with Crippen molar-refractivity contribution in [1.82, 2.24) is 15.0 Å². The Kier molecular flexibility index (Phi) is 7.62. The smallest absolute Gasteiger partial charge is 0.341 e. The molecule has 1 unspecified atom stereocenters. The molecule has 0 saturated heterocycles. The second-order valence-corrected chi connectivity index (χ2v) is 6.81. The number of benzene rings is 1. The van der Waals surface area contributed by atoms with Crippen LogP contribution in [0.3, 0.4) is 0 Å². The van der Waals surface area contributed by atoms with Gasteiger partial charge in [-0.3, -0.25) is 0 Å². The molecule has 168 valence electrons. The molecule has 0 saturated carbocycles. The van der Waals surface area contributed by atoms with Crippen molar-refractivity contribution in [2.75, 3.05) is 25.6 Å². The molecule has 1 aromatic carbocycles. The van der Waals surface area contributed by atoms with Crippen LogP contribution in [0.1, 0.15) is 45.1 Å². The van der Waals surface area contributed by atoms with Gasteiger partial charge in [0, 0.05) is 24.5 Å². The fraction of sp³-hybridized carbons (Fsp3) is 0.217. The maximum atomic E-state index is 12.4. The first-order chi connectivity index (χ1) is 16.0. The molecular formula is C23H22N6O4. The Balaban J connectivity index is 1.82. The fourth-order valence-corrected chi connectivity index (χ4v) is 2.90. The molecule has 0 aliphatic heterocycles. The fourth-order valence-electron chi connectivity index (χ4n) is 2.90. The van der Waals surface area contributed by atoms with E-state index in [4.69, 9.17) is 15.7 Å². The zero-order valence-corrected chi connectivity index (χ0v) is 18.1. The van der Waals surface area contributed by atoms with E-state index in [1.165, 1.54) is 19.5 Å². The summed E-state index contributed by atoms with van der Waals surface area (Å²) in [7, 11) is 1.30. The lowest BCUT2D eigenvalue weighted by Gasteiger charge is -2.15. The number of rotatable bonds is 8. The summed E-state index contributed by atoms with van der Waals surface area (Å²) in [6, 6.07) is 11.3.